The molecule has 1 aliphatic carbocycles. The number of hydrogen-bond donors (Lipinski definition) is 2. The number of aliphatic hydroxyl groups is 1. The van der Waals surface area contributed by atoms with Gasteiger partial charge in [-0.2, -0.15) is 10.2 Å². The lowest BCUT2D eigenvalue weighted by molar-refractivity contribution is -0.120. The minimum absolute atomic E-state index is 0.0994. The molecule has 1 saturated carbocycles. The number of ether oxygens (including phenoxy) is 1. The standard InChI is InChI=1S/C30H38N6O5/c1-30(2,40)20-35-16-13-26(33-35)32-28(38)24(17-21-9-3-4-10-21)36-27(37)18-22(19-31-36)41-25-12-6-5-11-23(25)29(39)34-14-7-8-15-34/h5-6,11-13,16,18-19,21,24,40H,3-4,7-10,14-15,17,20H2,1-2H3,(H,32,33,38). The molecule has 0 spiro atoms. The van der Waals surface area contributed by atoms with E-state index in [2.05, 4.69) is 15.5 Å². The Morgan fingerprint density at radius 1 is 1.12 bits per heavy atom. The van der Waals surface area contributed by atoms with Crippen molar-refractivity contribution in [1.29, 1.82) is 0 Å². The zero-order valence-electron chi connectivity index (χ0n) is 23.7. The molecule has 1 saturated heterocycles. The molecule has 11 heteroatoms. The first-order valence-corrected chi connectivity index (χ1v) is 14.4. The number of hydrogen-bond acceptors (Lipinski definition) is 7. The smallest absolute Gasteiger partial charge is 0.271 e. The summed E-state index contributed by atoms with van der Waals surface area (Å²) in [6, 6.07) is 9.10. The van der Waals surface area contributed by atoms with Crippen LogP contribution in [0.3, 0.4) is 0 Å². The zero-order valence-corrected chi connectivity index (χ0v) is 23.7. The molecule has 11 nitrogen and oxygen atoms in total. The summed E-state index contributed by atoms with van der Waals surface area (Å²) in [4.78, 5) is 41.6. The summed E-state index contributed by atoms with van der Waals surface area (Å²) in [5.41, 5.74) is -1.00. The lowest BCUT2D eigenvalue weighted by atomic mass is 9.98. The van der Waals surface area contributed by atoms with Crippen LogP contribution in [0.4, 0.5) is 5.82 Å². The second kappa shape index (κ2) is 12.3. The van der Waals surface area contributed by atoms with E-state index in [1.54, 1.807) is 60.0 Å². The summed E-state index contributed by atoms with van der Waals surface area (Å²) in [5, 5.41) is 21.6. The average molecular weight is 563 g/mol. The molecule has 1 aromatic carbocycles. The summed E-state index contributed by atoms with van der Waals surface area (Å²) in [5.74, 6) is 0.714. The van der Waals surface area contributed by atoms with Crippen LogP contribution >= 0.6 is 0 Å². The summed E-state index contributed by atoms with van der Waals surface area (Å²) in [6.45, 7) is 5.06. The highest BCUT2D eigenvalue weighted by molar-refractivity contribution is 5.97. The van der Waals surface area contributed by atoms with Crippen LogP contribution in [0.2, 0.25) is 0 Å². The van der Waals surface area contributed by atoms with E-state index < -0.39 is 17.2 Å². The van der Waals surface area contributed by atoms with Gasteiger partial charge in [0.05, 0.1) is 23.9 Å². The van der Waals surface area contributed by atoms with E-state index in [0.29, 0.717) is 29.5 Å². The van der Waals surface area contributed by atoms with E-state index in [-0.39, 0.29) is 24.1 Å². The highest BCUT2D eigenvalue weighted by Gasteiger charge is 2.29. The van der Waals surface area contributed by atoms with E-state index >= 15 is 0 Å². The first-order valence-electron chi connectivity index (χ1n) is 14.4. The molecule has 5 rings (SSSR count). The van der Waals surface area contributed by atoms with Crippen LogP contribution in [0, 0.1) is 5.92 Å². The molecule has 3 heterocycles. The van der Waals surface area contributed by atoms with Crippen molar-refractivity contribution in [1.82, 2.24) is 24.5 Å². The van der Waals surface area contributed by atoms with Crippen molar-refractivity contribution in [3.63, 3.8) is 0 Å². The molecule has 2 aliphatic rings. The van der Waals surface area contributed by atoms with Crippen molar-refractivity contribution in [2.75, 3.05) is 18.4 Å². The van der Waals surface area contributed by atoms with Gasteiger partial charge in [0, 0.05) is 31.4 Å². The molecule has 1 unspecified atom stereocenters. The van der Waals surface area contributed by atoms with Crippen LogP contribution in [0.15, 0.2) is 53.6 Å². The van der Waals surface area contributed by atoms with Crippen molar-refractivity contribution in [2.45, 2.75) is 77.0 Å². The number of nitrogens with zero attached hydrogens (tertiary/aromatic N) is 5. The highest BCUT2D eigenvalue weighted by Crippen LogP contribution is 2.32. The largest absolute Gasteiger partial charge is 0.455 e. The second-order valence-corrected chi connectivity index (χ2v) is 11.7. The number of carbonyl (C=O) groups is 2. The van der Waals surface area contributed by atoms with Gasteiger partial charge in [0.1, 0.15) is 11.8 Å². The van der Waals surface area contributed by atoms with Crippen molar-refractivity contribution in [3.05, 3.63) is 64.7 Å². The maximum Gasteiger partial charge on any atom is 0.271 e. The number of benzene rings is 1. The number of anilines is 1. The van der Waals surface area contributed by atoms with Gasteiger partial charge in [-0.25, -0.2) is 4.68 Å². The quantitative estimate of drug-likeness (QED) is 0.382. The molecule has 2 fully saturated rings. The third-order valence-electron chi connectivity index (χ3n) is 7.61. The molecule has 218 valence electrons. The molecule has 0 bridgehead atoms. The lowest BCUT2D eigenvalue weighted by Crippen LogP contribution is -2.36. The SMILES string of the molecule is CC(C)(O)Cn1ccc(NC(=O)C(CC2CCCC2)n2ncc(Oc3ccccc3C(=O)N3CCCC3)cc2=O)n1. The normalized spacial score (nSPS) is 16.6. The maximum absolute atomic E-state index is 13.5. The van der Waals surface area contributed by atoms with Crippen LogP contribution < -0.4 is 15.6 Å². The molecule has 3 aromatic rings. The predicted molar refractivity (Wildman–Crippen MR) is 153 cm³/mol. The van der Waals surface area contributed by atoms with Crippen molar-refractivity contribution < 1.29 is 19.4 Å². The monoisotopic (exact) mass is 562 g/mol. The first kappa shape index (κ1) is 28.5. The van der Waals surface area contributed by atoms with Gasteiger partial charge in [-0.3, -0.25) is 19.1 Å². The average Bonchev–Trinajstić information content (AvgIpc) is 3.71. The number of carbonyl (C=O) groups excluding carboxylic acids is 2. The third kappa shape index (κ3) is 7.21. The Morgan fingerprint density at radius 2 is 1.85 bits per heavy atom. The fourth-order valence-corrected chi connectivity index (χ4v) is 5.64. The fourth-order valence-electron chi connectivity index (χ4n) is 5.64. The Balaban J connectivity index is 1.35. The van der Waals surface area contributed by atoms with Gasteiger partial charge < -0.3 is 20.1 Å². The topological polar surface area (TPSA) is 132 Å². The van der Waals surface area contributed by atoms with Crippen LogP contribution in [0.1, 0.15) is 75.2 Å². The first-order chi connectivity index (χ1) is 19.7. The summed E-state index contributed by atoms with van der Waals surface area (Å²) in [7, 11) is 0. The molecule has 41 heavy (non-hydrogen) atoms. The lowest BCUT2D eigenvalue weighted by Gasteiger charge is -2.21. The predicted octanol–water partition coefficient (Wildman–Crippen LogP) is 4.00. The minimum Gasteiger partial charge on any atom is -0.455 e. The fraction of sp³-hybridized carbons (Fsp3) is 0.500. The van der Waals surface area contributed by atoms with Crippen molar-refractivity contribution >= 4 is 17.6 Å². The third-order valence-corrected chi connectivity index (χ3v) is 7.61. The van der Waals surface area contributed by atoms with Gasteiger partial charge in [-0.15, -0.1) is 0 Å². The highest BCUT2D eigenvalue weighted by atomic mass is 16.5. The van der Waals surface area contributed by atoms with E-state index in [4.69, 9.17) is 4.74 Å². The molecule has 2 N–H and O–H groups in total. The van der Waals surface area contributed by atoms with Crippen LogP contribution in [0.25, 0.3) is 0 Å². The van der Waals surface area contributed by atoms with Gasteiger partial charge in [-0.1, -0.05) is 37.8 Å². The molecule has 2 aromatic heterocycles. The van der Waals surface area contributed by atoms with Gasteiger partial charge >= 0.3 is 0 Å². The van der Waals surface area contributed by atoms with E-state index in [9.17, 15) is 19.5 Å². The van der Waals surface area contributed by atoms with E-state index in [0.717, 1.165) is 51.6 Å². The Hall–Kier alpha value is -3.99. The van der Waals surface area contributed by atoms with Crippen LogP contribution in [-0.4, -0.2) is 60.1 Å². The number of likely N-dealkylation sites (tertiary alicyclic amines) is 1. The summed E-state index contributed by atoms with van der Waals surface area (Å²) in [6.07, 6.45) is 9.74. The summed E-state index contributed by atoms with van der Waals surface area (Å²) < 4.78 is 8.74. The van der Waals surface area contributed by atoms with Gasteiger partial charge in [-0.05, 0) is 51.2 Å². The second-order valence-electron chi connectivity index (χ2n) is 11.7. The molecule has 1 atom stereocenters. The van der Waals surface area contributed by atoms with Crippen LogP contribution in [-0.2, 0) is 11.3 Å². The zero-order chi connectivity index (χ0) is 29.0. The van der Waals surface area contributed by atoms with Gasteiger partial charge in [0.2, 0.25) is 0 Å². The van der Waals surface area contributed by atoms with Crippen molar-refractivity contribution in [2.24, 2.45) is 5.92 Å². The number of amides is 2. The van der Waals surface area contributed by atoms with E-state index in [1.165, 1.54) is 16.9 Å². The van der Waals surface area contributed by atoms with Gasteiger partial charge in [0.25, 0.3) is 17.4 Å². The Bertz CT molecular complexity index is 1430. The van der Waals surface area contributed by atoms with Crippen molar-refractivity contribution in [3.8, 4) is 11.5 Å². The molecule has 0 radical (unpaired) electrons. The molecule has 2 amide bonds. The number of para-hydroxylation sites is 1. The summed E-state index contributed by atoms with van der Waals surface area (Å²) >= 11 is 0. The van der Waals surface area contributed by atoms with Crippen LogP contribution in [0.5, 0.6) is 11.5 Å². The van der Waals surface area contributed by atoms with E-state index in [1.807, 2.05) is 0 Å². The number of aromatic nitrogens is 4. The molecule has 1 aliphatic heterocycles. The number of rotatable bonds is 10. The maximum atomic E-state index is 13.5. The molecular weight excluding hydrogens is 524 g/mol. The minimum atomic E-state index is -0.957. The Morgan fingerprint density at radius 3 is 2.56 bits per heavy atom. The Kier molecular flexibility index (Phi) is 8.53. The Labute approximate surface area is 239 Å². The number of nitrogens with one attached hydrogen (secondary N) is 1. The molecular formula is C30H38N6O5. The van der Waals surface area contributed by atoms with Gasteiger partial charge in [0.15, 0.2) is 11.6 Å².